The van der Waals surface area contributed by atoms with Gasteiger partial charge in [0.25, 0.3) is 0 Å². The topological polar surface area (TPSA) is 69.2 Å². The van der Waals surface area contributed by atoms with Crippen LogP contribution in [0.15, 0.2) is 28.7 Å². The maximum absolute atomic E-state index is 5.94. The van der Waals surface area contributed by atoms with E-state index < -0.39 is 0 Å². The zero-order chi connectivity index (χ0) is 13.2. The van der Waals surface area contributed by atoms with Crippen LogP contribution in [0.3, 0.4) is 0 Å². The van der Waals surface area contributed by atoms with Crippen molar-refractivity contribution in [3.63, 3.8) is 0 Å². The summed E-state index contributed by atoms with van der Waals surface area (Å²) in [5.74, 6) is 1.05. The number of nitrogens with two attached hydrogens (primary N) is 1. The highest BCUT2D eigenvalue weighted by atomic mass is 79.9. The molecule has 19 heavy (non-hydrogen) atoms. The molecule has 0 radical (unpaired) electrons. The second-order valence-corrected chi connectivity index (χ2v) is 5.17. The SMILES string of the molecule is Nc1nc(N2CCOCC2)nn1-c1ccc(Br)cc1. The quantitative estimate of drug-likeness (QED) is 0.905. The van der Waals surface area contributed by atoms with Gasteiger partial charge >= 0.3 is 0 Å². The summed E-state index contributed by atoms with van der Waals surface area (Å²) in [6.45, 7) is 2.99. The van der Waals surface area contributed by atoms with Gasteiger partial charge in [-0.25, -0.2) is 0 Å². The molecule has 0 saturated carbocycles. The number of rotatable bonds is 2. The van der Waals surface area contributed by atoms with Crippen LogP contribution < -0.4 is 10.6 Å². The van der Waals surface area contributed by atoms with Crippen LogP contribution in [0.2, 0.25) is 0 Å². The average molecular weight is 324 g/mol. The Morgan fingerprint density at radius 2 is 1.84 bits per heavy atom. The largest absolute Gasteiger partial charge is 0.378 e. The Morgan fingerprint density at radius 1 is 1.16 bits per heavy atom. The van der Waals surface area contributed by atoms with Crippen LogP contribution in [0, 0.1) is 0 Å². The van der Waals surface area contributed by atoms with Crippen molar-refractivity contribution in [2.75, 3.05) is 36.9 Å². The van der Waals surface area contributed by atoms with E-state index in [1.807, 2.05) is 24.3 Å². The van der Waals surface area contributed by atoms with E-state index >= 15 is 0 Å². The third-order valence-corrected chi connectivity index (χ3v) is 3.51. The summed E-state index contributed by atoms with van der Waals surface area (Å²) >= 11 is 3.41. The van der Waals surface area contributed by atoms with Crippen LogP contribution in [-0.2, 0) is 4.74 Å². The molecule has 0 spiro atoms. The van der Waals surface area contributed by atoms with Crippen molar-refractivity contribution in [1.82, 2.24) is 14.8 Å². The fourth-order valence-corrected chi connectivity index (χ4v) is 2.25. The number of morpholine rings is 1. The predicted molar refractivity (Wildman–Crippen MR) is 76.5 cm³/mol. The number of benzene rings is 1. The fourth-order valence-electron chi connectivity index (χ4n) is 1.98. The molecule has 0 unspecified atom stereocenters. The second kappa shape index (κ2) is 5.18. The van der Waals surface area contributed by atoms with Gasteiger partial charge in [0, 0.05) is 17.6 Å². The van der Waals surface area contributed by atoms with Crippen LogP contribution in [0.25, 0.3) is 5.69 Å². The van der Waals surface area contributed by atoms with Crippen LogP contribution >= 0.6 is 15.9 Å². The smallest absolute Gasteiger partial charge is 0.247 e. The number of nitrogen functional groups attached to an aromatic ring is 1. The maximum Gasteiger partial charge on any atom is 0.247 e. The van der Waals surface area contributed by atoms with Crippen molar-refractivity contribution >= 4 is 27.8 Å². The molecular weight excluding hydrogens is 310 g/mol. The van der Waals surface area contributed by atoms with Crippen LogP contribution in [0.5, 0.6) is 0 Å². The highest BCUT2D eigenvalue weighted by molar-refractivity contribution is 9.10. The molecule has 2 aromatic rings. The van der Waals surface area contributed by atoms with E-state index in [0.29, 0.717) is 25.1 Å². The third kappa shape index (κ3) is 2.57. The lowest BCUT2D eigenvalue weighted by molar-refractivity contribution is 0.122. The Balaban J connectivity index is 1.90. The summed E-state index contributed by atoms with van der Waals surface area (Å²) in [5, 5.41) is 4.47. The van der Waals surface area contributed by atoms with E-state index in [-0.39, 0.29) is 0 Å². The Bertz CT molecular complexity index is 562. The van der Waals surface area contributed by atoms with E-state index in [4.69, 9.17) is 10.5 Å². The zero-order valence-corrected chi connectivity index (χ0v) is 11.9. The molecule has 0 amide bonds. The molecule has 1 saturated heterocycles. The molecule has 6 nitrogen and oxygen atoms in total. The van der Waals surface area contributed by atoms with Gasteiger partial charge in [0.2, 0.25) is 11.9 Å². The molecule has 0 aliphatic carbocycles. The lowest BCUT2D eigenvalue weighted by Crippen LogP contribution is -2.37. The van der Waals surface area contributed by atoms with Gasteiger partial charge in [-0.05, 0) is 24.3 Å². The first-order valence-corrected chi connectivity index (χ1v) is 6.84. The van der Waals surface area contributed by atoms with Crippen molar-refractivity contribution in [2.45, 2.75) is 0 Å². The van der Waals surface area contributed by atoms with Gasteiger partial charge in [0.15, 0.2) is 0 Å². The molecular formula is C12H14BrN5O. The molecule has 2 heterocycles. The van der Waals surface area contributed by atoms with Gasteiger partial charge in [-0.15, -0.1) is 5.10 Å². The van der Waals surface area contributed by atoms with Gasteiger partial charge in [-0.1, -0.05) is 15.9 Å². The van der Waals surface area contributed by atoms with Crippen molar-refractivity contribution in [1.29, 1.82) is 0 Å². The summed E-state index contributed by atoms with van der Waals surface area (Å²) in [7, 11) is 0. The summed E-state index contributed by atoms with van der Waals surface area (Å²) in [6.07, 6.45) is 0. The second-order valence-electron chi connectivity index (χ2n) is 4.26. The van der Waals surface area contributed by atoms with Crippen LogP contribution in [0.4, 0.5) is 11.9 Å². The van der Waals surface area contributed by atoms with E-state index in [0.717, 1.165) is 23.2 Å². The zero-order valence-electron chi connectivity index (χ0n) is 10.3. The number of anilines is 2. The molecule has 1 fully saturated rings. The number of halogens is 1. The highest BCUT2D eigenvalue weighted by Gasteiger charge is 2.17. The van der Waals surface area contributed by atoms with Crippen molar-refractivity contribution in [3.05, 3.63) is 28.7 Å². The Morgan fingerprint density at radius 3 is 2.53 bits per heavy atom. The molecule has 1 aromatic heterocycles. The number of nitrogens with zero attached hydrogens (tertiary/aromatic N) is 4. The first-order valence-electron chi connectivity index (χ1n) is 6.05. The molecule has 100 valence electrons. The summed E-state index contributed by atoms with van der Waals surface area (Å²) in [4.78, 5) is 6.40. The molecule has 7 heteroatoms. The molecule has 0 atom stereocenters. The Kier molecular flexibility index (Phi) is 3.39. The Labute approximate surface area is 119 Å². The number of aromatic nitrogens is 3. The molecule has 0 bridgehead atoms. The molecule has 1 aliphatic rings. The van der Waals surface area contributed by atoms with E-state index in [1.165, 1.54) is 0 Å². The lowest BCUT2D eigenvalue weighted by Gasteiger charge is -2.25. The summed E-state index contributed by atoms with van der Waals surface area (Å²) in [6, 6.07) is 7.78. The molecule has 2 N–H and O–H groups in total. The molecule has 1 aromatic carbocycles. The van der Waals surface area contributed by atoms with E-state index in [2.05, 4.69) is 30.9 Å². The lowest BCUT2D eigenvalue weighted by atomic mass is 10.3. The number of ether oxygens (including phenoxy) is 1. The number of hydrogen-bond donors (Lipinski definition) is 1. The van der Waals surface area contributed by atoms with Crippen molar-refractivity contribution in [2.24, 2.45) is 0 Å². The Hall–Kier alpha value is -1.60. The van der Waals surface area contributed by atoms with Crippen LogP contribution in [0.1, 0.15) is 0 Å². The summed E-state index contributed by atoms with van der Waals surface area (Å²) < 4.78 is 7.98. The minimum absolute atomic E-state index is 0.392. The first kappa shape index (κ1) is 12.4. The van der Waals surface area contributed by atoms with Crippen molar-refractivity contribution < 1.29 is 4.74 Å². The molecule has 3 rings (SSSR count). The van der Waals surface area contributed by atoms with Gasteiger partial charge in [0.05, 0.1) is 18.9 Å². The van der Waals surface area contributed by atoms with Crippen LogP contribution in [-0.4, -0.2) is 41.1 Å². The van der Waals surface area contributed by atoms with Gasteiger partial charge in [-0.3, -0.25) is 0 Å². The third-order valence-electron chi connectivity index (χ3n) is 2.99. The highest BCUT2D eigenvalue weighted by Crippen LogP contribution is 2.19. The van der Waals surface area contributed by atoms with Gasteiger partial charge in [0.1, 0.15) is 0 Å². The minimum atomic E-state index is 0.392. The minimum Gasteiger partial charge on any atom is -0.378 e. The van der Waals surface area contributed by atoms with E-state index in [1.54, 1.807) is 4.68 Å². The standard InChI is InChI=1S/C12H14BrN5O/c13-9-1-3-10(4-2-9)18-11(14)15-12(16-18)17-5-7-19-8-6-17/h1-4H,5-8H2,(H2,14,15,16). The van der Waals surface area contributed by atoms with Gasteiger partial charge in [-0.2, -0.15) is 9.67 Å². The fraction of sp³-hybridized carbons (Fsp3) is 0.333. The normalized spacial score (nSPS) is 15.7. The average Bonchev–Trinajstić information content (AvgIpc) is 2.83. The maximum atomic E-state index is 5.94. The molecule has 1 aliphatic heterocycles. The van der Waals surface area contributed by atoms with E-state index in [9.17, 15) is 0 Å². The monoisotopic (exact) mass is 323 g/mol. The first-order chi connectivity index (χ1) is 9.24. The predicted octanol–water partition coefficient (Wildman–Crippen LogP) is 1.45. The summed E-state index contributed by atoms with van der Waals surface area (Å²) in [5.41, 5.74) is 6.83. The van der Waals surface area contributed by atoms with Gasteiger partial charge < -0.3 is 15.4 Å². The van der Waals surface area contributed by atoms with Crippen molar-refractivity contribution in [3.8, 4) is 5.69 Å². The number of hydrogen-bond acceptors (Lipinski definition) is 5.